The number of halogens is 1. The largest absolute Gasteiger partial charge is 0.506 e. The molecule has 2 N–H and O–H groups in total. The lowest BCUT2D eigenvalue weighted by molar-refractivity contribution is -0.133. The van der Waals surface area contributed by atoms with E-state index in [2.05, 4.69) is 52.7 Å². The number of nitrogens with zero attached hydrogens (tertiary/aromatic N) is 2. The molecule has 0 bridgehead atoms. The van der Waals surface area contributed by atoms with Gasteiger partial charge in [-0.3, -0.25) is 14.5 Å². The minimum Gasteiger partial charge on any atom is -0.506 e. The minimum absolute atomic E-state index is 0.0172. The third-order valence-corrected chi connectivity index (χ3v) is 7.63. The fourth-order valence-electron chi connectivity index (χ4n) is 5.36. The van der Waals surface area contributed by atoms with Gasteiger partial charge in [0.15, 0.2) is 0 Å². The molecule has 3 aromatic rings. The Morgan fingerprint density at radius 3 is 2.54 bits per heavy atom. The van der Waals surface area contributed by atoms with E-state index in [9.17, 15) is 14.7 Å². The van der Waals surface area contributed by atoms with Gasteiger partial charge in [0, 0.05) is 25.3 Å². The molecule has 2 aliphatic heterocycles. The summed E-state index contributed by atoms with van der Waals surface area (Å²) in [5, 5.41) is 15.2. The van der Waals surface area contributed by atoms with Crippen LogP contribution in [0.4, 0.5) is 5.69 Å². The van der Waals surface area contributed by atoms with Gasteiger partial charge >= 0.3 is 0 Å². The zero-order valence-corrected chi connectivity index (χ0v) is 20.4. The number of piperidine rings is 1. The zero-order valence-electron chi connectivity index (χ0n) is 19.6. The lowest BCUT2D eigenvalue weighted by atomic mass is 9.86. The highest BCUT2D eigenvalue weighted by molar-refractivity contribution is 6.32. The Hall–Kier alpha value is -3.09. The standard InChI is InChI=1S/C28H30ClN3O3/c29-25-16-22(8-9-26(25)33)30-28(35)21-10-13-31(17-21)18-27(34)32-14-11-20(12-15-32)24-7-3-5-19-4-1-2-6-23(19)24/h1-9,16,20-21,33H,10-15,17-18H2,(H,30,35). The van der Waals surface area contributed by atoms with E-state index in [4.69, 9.17) is 11.6 Å². The van der Waals surface area contributed by atoms with Crippen LogP contribution in [0, 0.1) is 5.92 Å². The molecule has 1 atom stereocenters. The van der Waals surface area contributed by atoms with Crippen molar-refractivity contribution in [3.05, 3.63) is 71.2 Å². The number of fused-ring (bicyclic) bond motifs is 1. The summed E-state index contributed by atoms with van der Waals surface area (Å²) in [5.74, 6) is 0.340. The molecule has 35 heavy (non-hydrogen) atoms. The second kappa shape index (κ2) is 10.3. The summed E-state index contributed by atoms with van der Waals surface area (Å²) >= 11 is 5.93. The number of amides is 2. The third-order valence-electron chi connectivity index (χ3n) is 7.33. The number of aromatic hydroxyl groups is 1. The Kier molecular flexibility index (Phi) is 6.93. The highest BCUT2D eigenvalue weighted by Crippen LogP contribution is 2.33. The lowest BCUT2D eigenvalue weighted by Gasteiger charge is -2.33. The maximum Gasteiger partial charge on any atom is 0.236 e. The number of hydrogen-bond acceptors (Lipinski definition) is 4. The average molecular weight is 492 g/mol. The number of carbonyl (C=O) groups excluding carboxylic acids is 2. The van der Waals surface area contributed by atoms with E-state index in [1.165, 1.54) is 28.5 Å². The molecule has 2 amide bonds. The summed E-state index contributed by atoms with van der Waals surface area (Å²) < 4.78 is 0. The molecule has 6 nitrogen and oxygen atoms in total. The molecule has 0 radical (unpaired) electrons. The van der Waals surface area contributed by atoms with Crippen LogP contribution in [-0.4, -0.2) is 59.4 Å². The van der Waals surface area contributed by atoms with Crippen molar-refractivity contribution < 1.29 is 14.7 Å². The van der Waals surface area contributed by atoms with Crippen LogP contribution < -0.4 is 5.32 Å². The second-order valence-electron chi connectivity index (χ2n) is 9.60. The molecule has 0 saturated carbocycles. The summed E-state index contributed by atoms with van der Waals surface area (Å²) in [6.07, 6.45) is 2.66. The van der Waals surface area contributed by atoms with Crippen molar-refractivity contribution in [1.82, 2.24) is 9.80 Å². The predicted molar refractivity (Wildman–Crippen MR) is 139 cm³/mol. The van der Waals surface area contributed by atoms with Crippen molar-refractivity contribution in [2.45, 2.75) is 25.2 Å². The number of carbonyl (C=O) groups is 2. The monoisotopic (exact) mass is 491 g/mol. The molecule has 2 saturated heterocycles. The summed E-state index contributed by atoms with van der Waals surface area (Å²) in [5.41, 5.74) is 1.94. The Balaban J connectivity index is 1.11. The first-order valence-electron chi connectivity index (χ1n) is 12.2. The smallest absolute Gasteiger partial charge is 0.236 e. The van der Waals surface area contributed by atoms with Crippen molar-refractivity contribution in [3.63, 3.8) is 0 Å². The number of phenolic OH excluding ortho intramolecular Hbond substituents is 1. The van der Waals surface area contributed by atoms with Gasteiger partial charge in [0.2, 0.25) is 11.8 Å². The maximum atomic E-state index is 13.0. The highest BCUT2D eigenvalue weighted by Gasteiger charge is 2.31. The molecular formula is C28H30ClN3O3. The van der Waals surface area contributed by atoms with Crippen molar-refractivity contribution in [2.75, 3.05) is 38.0 Å². The topological polar surface area (TPSA) is 72.9 Å². The number of phenols is 1. The maximum absolute atomic E-state index is 13.0. The van der Waals surface area contributed by atoms with Crippen molar-refractivity contribution in [2.24, 2.45) is 5.92 Å². The van der Waals surface area contributed by atoms with E-state index < -0.39 is 0 Å². The highest BCUT2D eigenvalue weighted by atomic mass is 35.5. The number of likely N-dealkylation sites (tertiary alicyclic amines) is 2. The van der Waals surface area contributed by atoms with Crippen molar-refractivity contribution >= 4 is 39.9 Å². The van der Waals surface area contributed by atoms with Gasteiger partial charge < -0.3 is 15.3 Å². The molecule has 2 heterocycles. The molecule has 182 valence electrons. The Morgan fingerprint density at radius 2 is 1.74 bits per heavy atom. The van der Waals surface area contributed by atoms with Crippen LogP contribution in [-0.2, 0) is 9.59 Å². The fraction of sp³-hybridized carbons (Fsp3) is 0.357. The molecule has 2 aliphatic rings. The molecule has 0 aromatic heterocycles. The van der Waals surface area contributed by atoms with Crippen molar-refractivity contribution in [1.29, 1.82) is 0 Å². The Morgan fingerprint density at radius 1 is 0.971 bits per heavy atom. The van der Waals surface area contributed by atoms with E-state index >= 15 is 0 Å². The number of benzene rings is 3. The van der Waals surface area contributed by atoms with Crippen LogP contribution in [0.15, 0.2) is 60.7 Å². The molecule has 5 rings (SSSR count). The molecule has 2 fully saturated rings. The number of anilines is 1. The van der Waals surface area contributed by atoms with Gasteiger partial charge in [-0.2, -0.15) is 0 Å². The molecular weight excluding hydrogens is 462 g/mol. The zero-order chi connectivity index (χ0) is 24.4. The first kappa shape index (κ1) is 23.6. The van der Waals surface area contributed by atoms with Crippen LogP contribution in [0.25, 0.3) is 10.8 Å². The SMILES string of the molecule is O=C(Nc1ccc(O)c(Cl)c1)C1CCN(CC(=O)N2CCC(c3cccc4ccccc34)CC2)C1. The molecule has 0 aliphatic carbocycles. The van der Waals surface area contributed by atoms with E-state index in [0.717, 1.165) is 32.5 Å². The van der Waals surface area contributed by atoms with Gasteiger partial charge in [-0.15, -0.1) is 0 Å². The summed E-state index contributed by atoms with van der Waals surface area (Å²) in [6, 6.07) is 19.6. The molecule has 3 aromatic carbocycles. The Labute approximate surface area is 210 Å². The third kappa shape index (κ3) is 5.29. The van der Waals surface area contributed by atoms with Crippen LogP contribution in [0.1, 0.15) is 30.7 Å². The lowest BCUT2D eigenvalue weighted by Crippen LogP contribution is -2.43. The van der Waals surface area contributed by atoms with Crippen LogP contribution in [0.3, 0.4) is 0 Å². The number of hydrogen-bond donors (Lipinski definition) is 2. The van der Waals surface area contributed by atoms with Crippen molar-refractivity contribution in [3.8, 4) is 5.75 Å². The first-order chi connectivity index (χ1) is 17.0. The molecule has 0 spiro atoms. The van der Waals surface area contributed by atoms with Gasteiger partial charge in [-0.1, -0.05) is 54.1 Å². The predicted octanol–water partition coefficient (Wildman–Crippen LogP) is 4.87. The average Bonchev–Trinajstić information content (AvgIpc) is 3.35. The van der Waals surface area contributed by atoms with Gasteiger partial charge in [0.25, 0.3) is 0 Å². The summed E-state index contributed by atoms with van der Waals surface area (Å²) in [7, 11) is 0. The molecule has 1 unspecified atom stereocenters. The van der Waals surface area contributed by atoms with E-state index in [1.54, 1.807) is 6.07 Å². The number of nitrogens with one attached hydrogen (secondary N) is 1. The van der Waals surface area contributed by atoms with Gasteiger partial charge in [0.1, 0.15) is 5.75 Å². The minimum atomic E-state index is -0.174. The van der Waals surface area contributed by atoms with Crippen LogP contribution in [0.2, 0.25) is 5.02 Å². The van der Waals surface area contributed by atoms with Gasteiger partial charge in [-0.25, -0.2) is 0 Å². The first-order valence-corrected chi connectivity index (χ1v) is 12.6. The van der Waals surface area contributed by atoms with Crippen LogP contribution >= 0.6 is 11.6 Å². The van der Waals surface area contributed by atoms with E-state index in [1.807, 2.05) is 4.90 Å². The van der Waals surface area contributed by atoms with Gasteiger partial charge in [-0.05, 0) is 66.3 Å². The Bertz CT molecular complexity index is 1230. The molecule has 7 heteroatoms. The van der Waals surface area contributed by atoms with E-state index in [0.29, 0.717) is 31.1 Å². The van der Waals surface area contributed by atoms with E-state index in [-0.39, 0.29) is 28.5 Å². The quantitative estimate of drug-likeness (QED) is 0.500. The van der Waals surface area contributed by atoms with Gasteiger partial charge in [0.05, 0.1) is 17.5 Å². The summed E-state index contributed by atoms with van der Waals surface area (Å²) in [4.78, 5) is 29.7. The normalized spacial score (nSPS) is 19.2. The fourth-order valence-corrected chi connectivity index (χ4v) is 5.54. The van der Waals surface area contributed by atoms with Crippen LogP contribution in [0.5, 0.6) is 5.75 Å². The number of rotatable bonds is 5. The second-order valence-corrected chi connectivity index (χ2v) is 10.0. The summed E-state index contributed by atoms with van der Waals surface area (Å²) in [6.45, 7) is 3.19.